The first kappa shape index (κ1) is 15.3. The zero-order chi connectivity index (χ0) is 14.4. The largest absolute Gasteiger partial charge is 0.481 e. The van der Waals surface area contributed by atoms with Gasteiger partial charge in [0, 0.05) is 38.1 Å². The molecule has 0 amide bonds. The first-order valence-electron chi connectivity index (χ1n) is 6.78. The number of hydrogen-bond acceptors (Lipinski definition) is 3. The number of benzene rings is 1. The molecule has 0 spiro atoms. The van der Waals surface area contributed by atoms with Crippen LogP contribution in [-0.2, 0) is 4.79 Å². The summed E-state index contributed by atoms with van der Waals surface area (Å²) in [6, 6.07) is 6.34. The molecule has 4 heteroatoms. The molecule has 1 N–H and O–H groups in total. The van der Waals surface area contributed by atoms with E-state index in [2.05, 4.69) is 43.9 Å². The highest BCUT2D eigenvalue weighted by atomic mass is 16.4. The van der Waals surface area contributed by atoms with Crippen LogP contribution in [0.15, 0.2) is 18.2 Å². The third-order valence-electron chi connectivity index (χ3n) is 3.38. The van der Waals surface area contributed by atoms with Gasteiger partial charge in [-0.15, -0.1) is 0 Å². The Morgan fingerprint density at radius 1 is 1.26 bits per heavy atom. The summed E-state index contributed by atoms with van der Waals surface area (Å²) in [6.07, 6.45) is 0.160. The number of carbonyl (C=O) groups is 1. The Morgan fingerprint density at radius 2 is 1.89 bits per heavy atom. The number of hydrogen-bond donors (Lipinski definition) is 1. The van der Waals surface area contributed by atoms with E-state index in [9.17, 15) is 4.79 Å². The maximum Gasteiger partial charge on any atom is 0.305 e. The Labute approximate surface area is 115 Å². The molecule has 106 valence electrons. The Kier molecular flexibility index (Phi) is 5.67. The van der Waals surface area contributed by atoms with Gasteiger partial charge in [-0.1, -0.05) is 0 Å². The number of aliphatic carboxylic acids is 1. The van der Waals surface area contributed by atoms with Gasteiger partial charge in [-0.3, -0.25) is 4.79 Å². The quantitative estimate of drug-likeness (QED) is 0.822. The number of aryl methyl sites for hydroxylation is 1. The first-order valence-corrected chi connectivity index (χ1v) is 6.78. The molecule has 0 bridgehead atoms. The van der Waals surface area contributed by atoms with Crippen LogP contribution in [0.3, 0.4) is 0 Å². The van der Waals surface area contributed by atoms with Gasteiger partial charge < -0.3 is 14.9 Å². The molecule has 0 aliphatic carbocycles. The average Bonchev–Trinajstić information content (AvgIpc) is 2.37. The molecule has 0 unspecified atom stereocenters. The van der Waals surface area contributed by atoms with Crippen molar-refractivity contribution in [2.45, 2.75) is 27.2 Å². The van der Waals surface area contributed by atoms with Crippen molar-refractivity contribution in [2.75, 3.05) is 36.5 Å². The SMILES string of the molecule is CCN(CC)c1ccc(N(C)CCC(=O)O)c(C)c1. The normalized spacial score (nSPS) is 10.3. The minimum Gasteiger partial charge on any atom is -0.481 e. The molecule has 1 aromatic carbocycles. The molecule has 0 aliphatic rings. The van der Waals surface area contributed by atoms with Gasteiger partial charge in [-0.05, 0) is 44.5 Å². The number of rotatable bonds is 7. The number of carboxylic acids is 1. The highest BCUT2D eigenvalue weighted by Gasteiger charge is 2.09. The molecule has 1 rings (SSSR count). The topological polar surface area (TPSA) is 43.8 Å². The van der Waals surface area contributed by atoms with Gasteiger partial charge in [0.2, 0.25) is 0 Å². The summed E-state index contributed by atoms with van der Waals surface area (Å²) >= 11 is 0. The van der Waals surface area contributed by atoms with Crippen molar-refractivity contribution < 1.29 is 9.90 Å². The zero-order valence-electron chi connectivity index (χ0n) is 12.3. The molecule has 4 nitrogen and oxygen atoms in total. The third kappa shape index (κ3) is 4.16. The van der Waals surface area contributed by atoms with Crippen LogP contribution >= 0.6 is 0 Å². The molecular weight excluding hydrogens is 240 g/mol. The summed E-state index contributed by atoms with van der Waals surface area (Å²) < 4.78 is 0. The summed E-state index contributed by atoms with van der Waals surface area (Å²) in [4.78, 5) is 14.9. The minimum atomic E-state index is -0.760. The van der Waals surface area contributed by atoms with Crippen molar-refractivity contribution in [1.29, 1.82) is 0 Å². The van der Waals surface area contributed by atoms with Crippen LogP contribution in [0.1, 0.15) is 25.8 Å². The number of anilines is 2. The van der Waals surface area contributed by atoms with Gasteiger partial charge in [0.05, 0.1) is 6.42 Å². The fourth-order valence-electron chi connectivity index (χ4n) is 2.24. The zero-order valence-corrected chi connectivity index (χ0v) is 12.3. The van der Waals surface area contributed by atoms with Crippen LogP contribution in [0.25, 0.3) is 0 Å². The van der Waals surface area contributed by atoms with E-state index >= 15 is 0 Å². The summed E-state index contributed by atoms with van der Waals surface area (Å²) in [7, 11) is 1.93. The van der Waals surface area contributed by atoms with Gasteiger partial charge in [-0.25, -0.2) is 0 Å². The van der Waals surface area contributed by atoms with Gasteiger partial charge in [-0.2, -0.15) is 0 Å². The standard InChI is InChI=1S/C15H24N2O2/c1-5-17(6-2)13-7-8-14(12(3)11-13)16(4)10-9-15(18)19/h7-8,11H,5-6,9-10H2,1-4H3,(H,18,19). The average molecular weight is 264 g/mol. The van der Waals surface area contributed by atoms with Crippen molar-refractivity contribution in [1.82, 2.24) is 0 Å². The Balaban J connectivity index is 2.84. The van der Waals surface area contributed by atoms with E-state index in [0.29, 0.717) is 6.54 Å². The van der Waals surface area contributed by atoms with E-state index in [0.717, 1.165) is 18.8 Å². The molecule has 0 aliphatic heterocycles. The second-order valence-electron chi connectivity index (χ2n) is 4.71. The molecule has 1 aromatic rings. The second-order valence-corrected chi connectivity index (χ2v) is 4.71. The summed E-state index contributed by atoms with van der Waals surface area (Å²) in [5, 5.41) is 8.73. The van der Waals surface area contributed by atoms with Crippen LogP contribution < -0.4 is 9.80 Å². The third-order valence-corrected chi connectivity index (χ3v) is 3.38. The molecule has 0 aromatic heterocycles. The van der Waals surface area contributed by atoms with E-state index in [1.165, 1.54) is 11.3 Å². The molecule has 0 saturated carbocycles. The van der Waals surface area contributed by atoms with E-state index in [4.69, 9.17) is 5.11 Å². The van der Waals surface area contributed by atoms with Gasteiger partial charge in [0.15, 0.2) is 0 Å². The summed E-state index contributed by atoms with van der Waals surface area (Å²) in [6.45, 7) is 8.87. The maximum absolute atomic E-state index is 10.6. The molecule has 19 heavy (non-hydrogen) atoms. The van der Waals surface area contributed by atoms with Crippen LogP contribution in [-0.4, -0.2) is 37.8 Å². The van der Waals surface area contributed by atoms with Crippen LogP contribution in [0.4, 0.5) is 11.4 Å². The minimum absolute atomic E-state index is 0.160. The van der Waals surface area contributed by atoms with Gasteiger partial charge in [0.1, 0.15) is 0 Å². The maximum atomic E-state index is 10.6. The Bertz CT molecular complexity index is 428. The lowest BCUT2D eigenvalue weighted by Gasteiger charge is -2.25. The fourth-order valence-corrected chi connectivity index (χ4v) is 2.24. The summed E-state index contributed by atoms with van der Waals surface area (Å²) in [5.41, 5.74) is 3.49. The molecule has 0 heterocycles. The van der Waals surface area contributed by atoms with Crippen molar-refractivity contribution in [3.63, 3.8) is 0 Å². The lowest BCUT2D eigenvalue weighted by Crippen LogP contribution is -2.23. The molecule has 0 radical (unpaired) electrons. The lowest BCUT2D eigenvalue weighted by molar-refractivity contribution is -0.136. The summed E-state index contributed by atoms with van der Waals surface area (Å²) in [5.74, 6) is -0.760. The molecule has 0 saturated heterocycles. The fraction of sp³-hybridized carbons (Fsp3) is 0.533. The number of nitrogens with zero attached hydrogens (tertiary/aromatic N) is 2. The van der Waals surface area contributed by atoms with Gasteiger partial charge >= 0.3 is 5.97 Å². The first-order chi connectivity index (χ1) is 8.99. The van der Waals surface area contributed by atoms with Crippen molar-refractivity contribution >= 4 is 17.3 Å². The smallest absolute Gasteiger partial charge is 0.305 e. The van der Waals surface area contributed by atoms with Gasteiger partial charge in [0.25, 0.3) is 0 Å². The van der Waals surface area contributed by atoms with Crippen LogP contribution in [0, 0.1) is 6.92 Å². The molecule has 0 atom stereocenters. The Hall–Kier alpha value is -1.71. The van der Waals surface area contributed by atoms with Crippen molar-refractivity contribution in [3.05, 3.63) is 23.8 Å². The predicted molar refractivity (Wildman–Crippen MR) is 80.3 cm³/mol. The van der Waals surface area contributed by atoms with Crippen molar-refractivity contribution in [3.8, 4) is 0 Å². The lowest BCUT2D eigenvalue weighted by atomic mass is 10.1. The monoisotopic (exact) mass is 264 g/mol. The van der Waals surface area contributed by atoms with Crippen LogP contribution in [0.5, 0.6) is 0 Å². The highest BCUT2D eigenvalue weighted by molar-refractivity contribution is 5.68. The second kappa shape index (κ2) is 7.02. The van der Waals surface area contributed by atoms with Crippen LogP contribution in [0.2, 0.25) is 0 Å². The predicted octanol–water partition coefficient (Wildman–Crippen LogP) is 2.75. The molecule has 0 fully saturated rings. The number of carboxylic acid groups (broad SMARTS) is 1. The van der Waals surface area contributed by atoms with E-state index < -0.39 is 5.97 Å². The Morgan fingerprint density at radius 3 is 2.37 bits per heavy atom. The van der Waals surface area contributed by atoms with Crippen molar-refractivity contribution in [2.24, 2.45) is 0 Å². The van der Waals surface area contributed by atoms with E-state index in [1.54, 1.807) is 0 Å². The van der Waals surface area contributed by atoms with E-state index in [1.807, 2.05) is 11.9 Å². The van der Waals surface area contributed by atoms with E-state index in [-0.39, 0.29) is 6.42 Å². The highest BCUT2D eigenvalue weighted by Crippen LogP contribution is 2.25. The molecular formula is C15H24N2O2.